The van der Waals surface area contributed by atoms with Gasteiger partial charge in [-0.15, -0.1) is 0 Å². The highest BCUT2D eigenvalue weighted by Gasteiger charge is 2.22. The maximum atomic E-state index is 12.9. The van der Waals surface area contributed by atoms with Crippen molar-refractivity contribution in [2.75, 3.05) is 6.61 Å². The van der Waals surface area contributed by atoms with Gasteiger partial charge in [0.25, 0.3) is 0 Å². The Bertz CT molecular complexity index is 323. The van der Waals surface area contributed by atoms with E-state index in [1.165, 1.54) is 25.0 Å². The summed E-state index contributed by atoms with van der Waals surface area (Å²) in [6, 6.07) is 4.49. The molecule has 0 bridgehead atoms. The number of halogens is 1. The first kappa shape index (κ1) is 9.46. The quantitative estimate of drug-likeness (QED) is 0.798. The minimum Gasteiger partial charge on any atom is -0.493 e. The Balaban J connectivity index is 2.07. The topological polar surface area (TPSA) is 35.2 Å². The molecule has 2 rings (SSSR count). The SMILES string of the molecule is NCc1ccc(F)cc1OCC1CC1. The zero-order valence-electron chi connectivity index (χ0n) is 8.00. The van der Waals surface area contributed by atoms with E-state index in [4.69, 9.17) is 10.5 Å². The Morgan fingerprint density at radius 1 is 1.43 bits per heavy atom. The molecule has 2 nitrogen and oxygen atoms in total. The van der Waals surface area contributed by atoms with Crippen LogP contribution >= 0.6 is 0 Å². The molecule has 1 aliphatic carbocycles. The molecule has 1 aromatic carbocycles. The number of rotatable bonds is 4. The number of hydrogen-bond acceptors (Lipinski definition) is 2. The van der Waals surface area contributed by atoms with Crippen LogP contribution in [0.2, 0.25) is 0 Å². The summed E-state index contributed by atoms with van der Waals surface area (Å²) in [5.41, 5.74) is 6.39. The normalized spacial score (nSPS) is 15.6. The monoisotopic (exact) mass is 195 g/mol. The molecule has 0 amide bonds. The van der Waals surface area contributed by atoms with E-state index < -0.39 is 0 Å². The van der Waals surface area contributed by atoms with Gasteiger partial charge in [0.1, 0.15) is 11.6 Å². The van der Waals surface area contributed by atoms with Gasteiger partial charge >= 0.3 is 0 Å². The van der Waals surface area contributed by atoms with Gasteiger partial charge in [-0.3, -0.25) is 0 Å². The highest BCUT2D eigenvalue weighted by Crippen LogP contribution is 2.30. The van der Waals surface area contributed by atoms with Crippen LogP contribution in [0.1, 0.15) is 18.4 Å². The number of hydrogen-bond donors (Lipinski definition) is 1. The maximum Gasteiger partial charge on any atom is 0.126 e. The third kappa shape index (κ3) is 2.23. The average Bonchev–Trinajstić information content (AvgIpc) is 2.98. The summed E-state index contributed by atoms with van der Waals surface area (Å²) < 4.78 is 18.4. The number of nitrogens with two attached hydrogens (primary N) is 1. The van der Waals surface area contributed by atoms with Gasteiger partial charge < -0.3 is 10.5 Å². The Morgan fingerprint density at radius 3 is 2.86 bits per heavy atom. The summed E-state index contributed by atoms with van der Waals surface area (Å²) in [5.74, 6) is 0.997. The molecule has 0 unspecified atom stereocenters. The molecule has 1 aromatic rings. The van der Waals surface area contributed by atoms with Gasteiger partial charge in [-0.2, -0.15) is 0 Å². The van der Waals surface area contributed by atoms with Crippen LogP contribution in [-0.4, -0.2) is 6.61 Å². The highest BCUT2D eigenvalue weighted by atomic mass is 19.1. The van der Waals surface area contributed by atoms with Crippen LogP contribution in [0.3, 0.4) is 0 Å². The van der Waals surface area contributed by atoms with Crippen LogP contribution in [0.15, 0.2) is 18.2 Å². The molecule has 1 fully saturated rings. The summed E-state index contributed by atoms with van der Waals surface area (Å²) in [5, 5.41) is 0. The summed E-state index contributed by atoms with van der Waals surface area (Å²) in [6.45, 7) is 1.08. The third-order valence-corrected chi connectivity index (χ3v) is 2.42. The smallest absolute Gasteiger partial charge is 0.126 e. The van der Waals surface area contributed by atoms with Crippen molar-refractivity contribution in [3.63, 3.8) is 0 Å². The molecule has 14 heavy (non-hydrogen) atoms. The van der Waals surface area contributed by atoms with E-state index in [1.807, 2.05) is 0 Å². The van der Waals surface area contributed by atoms with Crippen molar-refractivity contribution >= 4 is 0 Å². The molecule has 0 aromatic heterocycles. The lowest BCUT2D eigenvalue weighted by atomic mass is 10.2. The molecular weight excluding hydrogens is 181 g/mol. The second-order valence-electron chi connectivity index (χ2n) is 3.71. The van der Waals surface area contributed by atoms with Crippen molar-refractivity contribution in [2.24, 2.45) is 11.7 Å². The van der Waals surface area contributed by atoms with Gasteiger partial charge in [0.05, 0.1) is 6.61 Å². The van der Waals surface area contributed by atoms with Crippen molar-refractivity contribution in [3.05, 3.63) is 29.6 Å². The van der Waals surface area contributed by atoms with Crippen LogP contribution in [0, 0.1) is 11.7 Å². The van der Waals surface area contributed by atoms with Crippen LogP contribution in [0.25, 0.3) is 0 Å². The van der Waals surface area contributed by atoms with Gasteiger partial charge in [0, 0.05) is 18.2 Å². The van der Waals surface area contributed by atoms with E-state index >= 15 is 0 Å². The van der Waals surface area contributed by atoms with Gasteiger partial charge in [0.2, 0.25) is 0 Å². The first-order chi connectivity index (χ1) is 6.79. The molecule has 0 aliphatic heterocycles. The summed E-state index contributed by atoms with van der Waals surface area (Å²) >= 11 is 0. The van der Waals surface area contributed by atoms with Crippen molar-refractivity contribution in [1.29, 1.82) is 0 Å². The highest BCUT2D eigenvalue weighted by molar-refractivity contribution is 5.33. The second-order valence-corrected chi connectivity index (χ2v) is 3.71. The number of benzene rings is 1. The lowest BCUT2D eigenvalue weighted by Gasteiger charge is -2.09. The fourth-order valence-corrected chi connectivity index (χ4v) is 1.32. The van der Waals surface area contributed by atoms with E-state index in [2.05, 4.69) is 0 Å². The Labute approximate surface area is 82.9 Å². The average molecular weight is 195 g/mol. The van der Waals surface area contributed by atoms with Gasteiger partial charge in [-0.1, -0.05) is 6.07 Å². The number of ether oxygens (including phenoxy) is 1. The fraction of sp³-hybridized carbons (Fsp3) is 0.455. The third-order valence-electron chi connectivity index (χ3n) is 2.42. The molecule has 1 saturated carbocycles. The van der Waals surface area contributed by atoms with E-state index in [-0.39, 0.29) is 5.82 Å². The van der Waals surface area contributed by atoms with Gasteiger partial charge in [-0.25, -0.2) is 4.39 Å². The van der Waals surface area contributed by atoms with Gasteiger partial charge in [0.15, 0.2) is 0 Å². The molecule has 3 heteroatoms. The van der Waals surface area contributed by atoms with Crippen LogP contribution in [-0.2, 0) is 6.54 Å². The van der Waals surface area contributed by atoms with Crippen molar-refractivity contribution in [3.8, 4) is 5.75 Å². The molecule has 0 atom stereocenters. The Morgan fingerprint density at radius 2 is 2.21 bits per heavy atom. The minimum absolute atomic E-state index is 0.270. The molecule has 76 valence electrons. The second kappa shape index (κ2) is 3.96. The van der Waals surface area contributed by atoms with Gasteiger partial charge in [-0.05, 0) is 24.8 Å². The van der Waals surface area contributed by atoms with Crippen LogP contribution in [0.5, 0.6) is 5.75 Å². The Hall–Kier alpha value is -1.09. The first-order valence-corrected chi connectivity index (χ1v) is 4.91. The molecule has 0 spiro atoms. The standard InChI is InChI=1S/C11H14FNO/c12-10-4-3-9(6-13)11(5-10)14-7-8-1-2-8/h3-5,8H,1-2,6-7,13H2. The van der Waals surface area contributed by atoms with Crippen molar-refractivity contribution in [1.82, 2.24) is 0 Å². The zero-order chi connectivity index (χ0) is 9.97. The zero-order valence-corrected chi connectivity index (χ0v) is 8.00. The molecular formula is C11H14FNO. The molecule has 0 radical (unpaired) electrons. The van der Waals surface area contributed by atoms with Crippen molar-refractivity contribution in [2.45, 2.75) is 19.4 Å². The largest absolute Gasteiger partial charge is 0.493 e. The molecule has 0 saturated heterocycles. The summed E-state index contributed by atoms with van der Waals surface area (Å²) in [4.78, 5) is 0. The summed E-state index contributed by atoms with van der Waals surface area (Å²) in [7, 11) is 0. The van der Waals surface area contributed by atoms with Crippen molar-refractivity contribution < 1.29 is 9.13 Å². The predicted octanol–water partition coefficient (Wildman–Crippen LogP) is 2.07. The van der Waals surface area contributed by atoms with E-state index in [0.29, 0.717) is 24.8 Å². The van der Waals surface area contributed by atoms with Crippen LogP contribution < -0.4 is 10.5 Å². The fourth-order valence-electron chi connectivity index (χ4n) is 1.32. The molecule has 2 N–H and O–H groups in total. The van der Waals surface area contributed by atoms with Crippen LogP contribution in [0.4, 0.5) is 4.39 Å². The Kier molecular flexibility index (Phi) is 2.68. The van der Waals surface area contributed by atoms with E-state index in [0.717, 1.165) is 5.56 Å². The lowest BCUT2D eigenvalue weighted by Crippen LogP contribution is -2.05. The molecule has 1 aliphatic rings. The maximum absolute atomic E-state index is 12.9. The molecule has 0 heterocycles. The van der Waals surface area contributed by atoms with E-state index in [9.17, 15) is 4.39 Å². The summed E-state index contributed by atoms with van der Waals surface area (Å²) in [6.07, 6.45) is 2.46. The lowest BCUT2D eigenvalue weighted by molar-refractivity contribution is 0.295. The first-order valence-electron chi connectivity index (χ1n) is 4.91. The predicted molar refractivity (Wildman–Crippen MR) is 52.5 cm³/mol. The van der Waals surface area contributed by atoms with E-state index in [1.54, 1.807) is 6.07 Å². The minimum atomic E-state index is -0.270.